The van der Waals surface area contributed by atoms with E-state index in [9.17, 15) is 4.79 Å². The van der Waals surface area contributed by atoms with Gasteiger partial charge in [-0.2, -0.15) is 15.0 Å². The minimum atomic E-state index is 0.0533. The van der Waals surface area contributed by atoms with Crippen molar-refractivity contribution in [2.24, 2.45) is 0 Å². The predicted octanol–water partition coefficient (Wildman–Crippen LogP) is 2.92. The highest BCUT2D eigenvalue weighted by Gasteiger charge is 2.23. The van der Waals surface area contributed by atoms with E-state index in [1.165, 1.54) is 10.4 Å². The summed E-state index contributed by atoms with van der Waals surface area (Å²) in [6, 6.07) is 16.3. The van der Waals surface area contributed by atoms with E-state index in [-0.39, 0.29) is 5.91 Å². The maximum absolute atomic E-state index is 13.3. The first kappa shape index (κ1) is 18.4. The van der Waals surface area contributed by atoms with Crippen molar-refractivity contribution in [3.8, 4) is 5.69 Å². The molecule has 0 saturated carbocycles. The quantitative estimate of drug-likeness (QED) is 0.704. The molecule has 0 aliphatic carbocycles. The van der Waals surface area contributed by atoms with Gasteiger partial charge >= 0.3 is 0 Å². The van der Waals surface area contributed by atoms with Gasteiger partial charge in [0.15, 0.2) is 0 Å². The van der Waals surface area contributed by atoms with E-state index >= 15 is 0 Å². The van der Waals surface area contributed by atoms with Gasteiger partial charge in [-0.3, -0.25) is 9.69 Å². The molecule has 1 fully saturated rings. The van der Waals surface area contributed by atoms with Crippen molar-refractivity contribution in [1.82, 2.24) is 24.8 Å². The lowest BCUT2D eigenvalue weighted by molar-refractivity contribution is 0.0760. The smallest absolute Gasteiger partial charge is 0.256 e. The van der Waals surface area contributed by atoms with Crippen LogP contribution in [0.5, 0.6) is 0 Å². The number of rotatable bonds is 4. The molecular weight excluding hydrogens is 350 g/mol. The highest BCUT2D eigenvalue weighted by molar-refractivity contribution is 5.98. The van der Waals surface area contributed by atoms with Crippen LogP contribution in [-0.2, 0) is 6.54 Å². The molecule has 2 aromatic carbocycles. The second-order valence-electron chi connectivity index (χ2n) is 7.25. The number of carbonyl (C=O) groups excluding carboxylic acids is 1. The molecule has 1 amide bonds. The van der Waals surface area contributed by atoms with Crippen molar-refractivity contribution in [2.75, 3.05) is 26.2 Å². The van der Waals surface area contributed by atoms with Crippen LogP contribution in [0.15, 0.2) is 60.9 Å². The van der Waals surface area contributed by atoms with Gasteiger partial charge in [0, 0.05) is 32.7 Å². The molecule has 0 spiro atoms. The Labute approximate surface area is 165 Å². The fourth-order valence-corrected chi connectivity index (χ4v) is 3.68. The Morgan fingerprint density at radius 2 is 1.75 bits per heavy atom. The number of aromatic nitrogens is 3. The monoisotopic (exact) mass is 375 g/mol. The zero-order chi connectivity index (χ0) is 19.3. The summed E-state index contributed by atoms with van der Waals surface area (Å²) in [5, 5.41) is 8.42. The zero-order valence-corrected chi connectivity index (χ0v) is 16.2. The summed E-state index contributed by atoms with van der Waals surface area (Å²) in [7, 11) is 0. The van der Waals surface area contributed by atoms with Gasteiger partial charge in [0.25, 0.3) is 5.91 Å². The zero-order valence-electron chi connectivity index (χ0n) is 16.2. The summed E-state index contributed by atoms with van der Waals surface area (Å²) in [6.07, 6.45) is 4.22. The maximum atomic E-state index is 13.3. The van der Waals surface area contributed by atoms with Gasteiger partial charge in [0.05, 0.1) is 23.6 Å². The maximum Gasteiger partial charge on any atom is 0.256 e. The molecule has 0 radical (unpaired) electrons. The summed E-state index contributed by atoms with van der Waals surface area (Å²) in [5.41, 5.74) is 3.76. The number of benzene rings is 2. The van der Waals surface area contributed by atoms with E-state index in [0.29, 0.717) is 5.56 Å². The Morgan fingerprint density at radius 3 is 2.54 bits per heavy atom. The fourth-order valence-electron chi connectivity index (χ4n) is 3.68. The van der Waals surface area contributed by atoms with Gasteiger partial charge in [-0.25, -0.2) is 0 Å². The molecule has 3 aromatic rings. The van der Waals surface area contributed by atoms with E-state index in [1.54, 1.807) is 12.4 Å². The predicted molar refractivity (Wildman–Crippen MR) is 108 cm³/mol. The lowest BCUT2D eigenvalue weighted by Crippen LogP contribution is -2.35. The average molecular weight is 375 g/mol. The number of hydrogen-bond donors (Lipinski definition) is 0. The minimum absolute atomic E-state index is 0.0533. The molecule has 0 atom stereocenters. The Kier molecular flexibility index (Phi) is 5.48. The summed E-state index contributed by atoms with van der Waals surface area (Å²) < 4.78 is 0. The van der Waals surface area contributed by atoms with Gasteiger partial charge in [-0.05, 0) is 31.0 Å². The Bertz CT molecular complexity index is 923. The van der Waals surface area contributed by atoms with Crippen molar-refractivity contribution in [3.05, 3.63) is 77.6 Å². The van der Waals surface area contributed by atoms with Gasteiger partial charge in [-0.15, -0.1) is 0 Å². The molecule has 0 bridgehead atoms. The number of amides is 1. The molecule has 2 heterocycles. The van der Waals surface area contributed by atoms with Crippen molar-refractivity contribution in [3.63, 3.8) is 0 Å². The van der Waals surface area contributed by atoms with Crippen molar-refractivity contribution >= 4 is 5.91 Å². The van der Waals surface area contributed by atoms with Crippen LogP contribution >= 0.6 is 0 Å². The number of carbonyl (C=O) groups is 1. The topological polar surface area (TPSA) is 54.3 Å². The Balaban J connectivity index is 1.49. The summed E-state index contributed by atoms with van der Waals surface area (Å²) >= 11 is 0. The number of hydrogen-bond acceptors (Lipinski definition) is 4. The first-order valence-corrected chi connectivity index (χ1v) is 9.73. The fraction of sp³-hybridized carbons (Fsp3) is 0.318. The largest absolute Gasteiger partial charge is 0.337 e. The van der Waals surface area contributed by atoms with Crippen LogP contribution in [0.3, 0.4) is 0 Å². The second kappa shape index (κ2) is 8.35. The summed E-state index contributed by atoms with van der Waals surface area (Å²) in [6.45, 7) is 6.30. The van der Waals surface area contributed by atoms with Crippen LogP contribution in [0, 0.1) is 6.92 Å². The second-order valence-corrected chi connectivity index (χ2v) is 7.25. The van der Waals surface area contributed by atoms with E-state index in [1.807, 2.05) is 36.1 Å². The number of aryl methyl sites for hydroxylation is 1. The molecule has 4 rings (SSSR count). The average Bonchev–Trinajstić information content (AvgIpc) is 3.15. The van der Waals surface area contributed by atoms with Crippen LogP contribution in [0.4, 0.5) is 0 Å². The highest BCUT2D eigenvalue weighted by atomic mass is 16.2. The third-order valence-corrected chi connectivity index (χ3v) is 5.14. The molecule has 1 aliphatic rings. The van der Waals surface area contributed by atoms with Crippen LogP contribution < -0.4 is 0 Å². The Morgan fingerprint density at radius 1 is 0.964 bits per heavy atom. The molecule has 1 saturated heterocycles. The van der Waals surface area contributed by atoms with E-state index in [4.69, 9.17) is 0 Å². The van der Waals surface area contributed by atoms with Crippen molar-refractivity contribution < 1.29 is 4.79 Å². The molecule has 28 heavy (non-hydrogen) atoms. The molecule has 1 aliphatic heterocycles. The molecule has 1 aromatic heterocycles. The van der Waals surface area contributed by atoms with Crippen LogP contribution in [0.25, 0.3) is 5.69 Å². The molecule has 6 nitrogen and oxygen atoms in total. The van der Waals surface area contributed by atoms with Gasteiger partial charge in [0.1, 0.15) is 0 Å². The molecular formula is C22H25N5O. The molecule has 0 N–H and O–H groups in total. The lowest BCUT2D eigenvalue weighted by Gasteiger charge is -2.23. The minimum Gasteiger partial charge on any atom is -0.337 e. The third kappa shape index (κ3) is 4.12. The van der Waals surface area contributed by atoms with Gasteiger partial charge < -0.3 is 4.90 Å². The SMILES string of the molecule is Cc1ccc(-n2nccn2)c(C(=O)N2CCCN(Cc3ccccc3)CC2)c1. The van der Waals surface area contributed by atoms with Gasteiger partial charge in [0.2, 0.25) is 0 Å². The first-order chi connectivity index (χ1) is 13.7. The van der Waals surface area contributed by atoms with Crippen LogP contribution in [-0.4, -0.2) is 56.9 Å². The summed E-state index contributed by atoms with van der Waals surface area (Å²) in [5.74, 6) is 0.0533. The van der Waals surface area contributed by atoms with Crippen molar-refractivity contribution in [2.45, 2.75) is 19.9 Å². The van der Waals surface area contributed by atoms with Crippen LogP contribution in [0.1, 0.15) is 27.9 Å². The molecule has 144 valence electrons. The lowest BCUT2D eigenvalue weighted by atomic mass is 10.1. The van der Waals surface area contributed by atoms with Crippen LogP contribution in [0.2, 0.25) is 0 Å². The molecule has 6 heteroatoms. The van der Waals surface area contributed by atoms with E-state index in [0.717, 1.165) is 50.4 Å². The summed E-state index contributed by atoms with van der Waals surface area (Å²) in [4.78, 5) is 19.2. The van der Waals surface area contributed by atoms with Gasteiger partial charge in [-0.1, -0.05) is 42.0 Å². The first-order valence-electron chi connectivity index (χ1n) is 9.73. The third-order valence-electron chi connectivity index (χ3n) is 5.14. The molecule has 0 unspecified atom stereocenters. The standard InChI is InChI=1S/C22H25N5O/c1-18-8-9-21(27-23-10-11-24-27)20(16-18)22(28)26-13-5-12-25(14-15-26)17-19-6-3-2-4-7-19/h2-4,6-11,16H,5,12-15,17H2,1H3. The Hall–Kier alpha value is -2.99. The van der Waals surface area contributed by atoms with E-state index in [2.05, 4.69) is 39.4 Å². The highest BCUT2D eigenvalue weighted by Crippen LogP contribution is 2.19. The van der Waals surface area contributed by atoms with Crippen molar-refractivity contribution in [1.29, 1.82) is 0 Å². The van der Waals surface area contributed by atoms with E-state index < -0.39 is 0 Å². The normalized spacial score (nSPS) is 15.4. The number of nitrogens with zero attached hydrogens (tertiary/aromatic N) is 5.